The van der Waals surface area contributed by atoms with Crippen LogP contribution in [0, 0.1) is 0 Å². The zero-order chi connectivity index (χ0) is 23.3. The second kappa shape index (κ2) is 10.2. The Morgan fingerprint density at radius 2 is 1.71 bits per heavy atom. The topological polar surface area (TPSA) is 56.2 Å². The molecule has 0 saturated carbocycles. The van der Waals surface area contributed by atoms with E-state index in [0.29, 0.717) is 23.9 Å². The molecule has 0 spiro atoms. The Morgan fingerprint density at radius 3 is 2.59 bits per heavy atom. The summed E-state index contributed by atoms with van der Waals surface area (Å²) in [7, 11) is 0. The molecule has 5 rings (SSSR count). The number of imidazole rings is 1. The predicted molar refractivity (Wildman–Crippen MR) is 140 cm³/mol. The molecule has 170 valence electrons. The van der Waals surface area contributed by atoms with Gasteiger partial charge in [0, 0.05) is 16.1 Å². The number of rotatable bonds is 8. The van der Waals surface area contributed by atoms with Crippen LogP contribution < -0.4 is 10.1 Å². The lowest BCUT2D eigenvalue weighted by Crippen LogP contribution is -2.15. The minimum atomic E-state index is -0.0991. The fourth-order valence-corrected chi connectivity index (χ4v) is 4.78. The van der Waals surface area contributed by atoms with Crippen molar-refractivity contribution in [2.45, 2.75) is 11.7 Å². The third kappa shape index (κ3) is 5.03. The number of nitrogens with one attached hydrogen (secondary N) is 1. The second-order valence-corrected chi connectivity index (χ2v) is 9.08. The summed E-state index contributed by atoms with van der Waals surface area (Å²) in [4.78, 5) is 17.2. The molecule has 0 bridgehead atoms. The molecular formula is C27H22ClN3O2S. The molecule has 0 atom stereocenters. The minimum Gasteiger partial charge on any atom is -0.491 e. The molecule has 0 aliphatic heterocycles. The van der Waals surface area contributed by atoms with Gasteiger partial charge in [0.15, 0.2) is 5.16 Å². The van der Waals surface area contributed by atoms with Gasteiger partial charge in [0.25, 0.3) is 0 Å². The number of fused-ring (bicyclic) bond motifs is 2. The molecule has 7 heteroatoms. The molecule has 1 amide bonds. The third-order valence-corrected chi connectivity index (χ3v) is 6.63. The molecule has 34 heavy (non-hydrogen) atoms. The minimum absolute atomic E-state index is 0.0991. The van der Waals surface area contributed by atoms with Gasteiger partial charge in [-0.15, -0.1) is 0 Å². The van der Waals surface area contributed by atoms with E-state index in [2.05, 4.69) is 28.1 Å². The molecule has 0 aliphatic carbocycles. The number of halogens is 1. The van der Waals surface area contributed by atoms with Gasteiger partial charge >= 0.3 is 0 Å². The predicted octanol–water partition coefficient (Wildman–Crippen LogP) is 6.65. The van der Waals surface area contributed by atoms with Crippen molar-refractivity contribution in [2.75, 3.05) is 17.7 Å². The molecule has 5 nitrogen and oxygen atoms in total. The van der Waals surface area contributed by atoms with Crippen molar-refractivity contribution in [3.05, 3.63) is 96.0 Å². The van der Waals surface area contributed by atoms with Gasteiger partial charge in [-0.2, -0.15) is 0 Å². The second-order valence-electron chi connectivity index (χ2n) is 7.70. The lowest BCUT2D eigenvalue weighted by molar-refractivity contribution is -0.113. The van der Waals surface area contributed by atoms with Crippen molar-refractivity contribution < 1.29 is 9.53 Å². The van der Waals surface area contributed by atoms with Gasteiger partial charge in [0.05, 0.1) is 23.3 Å². The zero-order valence-corrected chi connectivity index (χ0v) is 19.9. The maximum absolute atomic E-state index is 12.5. The number of thioether (sulfide) groups is 1. The van der Waals surface area contributed by atoms with E-state index in [1.807, 2.05) is 48.5 Å². The Bertz CT molecular complexity index is 1440. The van der Waals surface area contributed by atoms with Gasteiger partial charge in [-0.25, -0.2) is 4.98 Å². The molecule has 0 aliphatic rings. The highest BCUT2D eigenvalue weighted by atomic mass is 35.5. The van der Waals surface area contributed by atoms with E-state index < -0.39 is 0 Å². The quantitative estimate of drug-likeness (QED) is 0.249. The monoisotopic (exact) mass is 487 g/mol. The molecule has 0 saturated heterocycles. The van der Waals surface area contributed by atoms with E-state index >= 15 is 0 Å². The Balaban J connectivity index is 1.29. The normalized spacial score (nSPS) is 11.1. The first kappa shape index (κ1) is 22.3. The van der Waals surface area contributed by atoms with E-state index in [4.69, 9.17) is 21.3 Å². The fourth-order valence-electron chi connectivity index (χ4n) is 3.81. The number of amides is 1. The highest BCUT2D eigenvalue weighted by Gasteiger charge is 2.13. The van der Waals surface area contributed by atoms with E-state index in [-0.39, 0.29) is 11.7 Å². The highest BCUT2D eigenvalue weighted by molar-refractivity contribution is 7.99. The smallest absolute Gasteiger partial charge is 0.234 e. The first-order chi connectivity index (χ1) is 16.7. The maximum Gasteiger partial charge on any atom is 0.234 e. The first-order valence-corrected chi connectivity index (χ1v) is 12.3. The Labute approximate surface area is 206 Å². The van der Waals surface area contributed by atoms with Gasteiger partial charge in [-0.1, -0.05) is 71.9 Å². The average molecular weight is 488 g/mol. The summed E-state index contributed by atoms with van der Waals surface area (Å²) in [5.74, 6) is 1.01. The standard InChI is InChI=1S/C27H22ClN3O2S/c28-20-12-14-21(15-13-20)29-26(32)18-34-27-30-23-9-3-4-10-24(23)31(27)16-17-33-25-11-5-7-19-6-1-2-8-22(19)25/h1-15H,16-18H2,(H,29,32). The summed E-state index contributed by atoms with van der Waals surface area (Å²) in [5, 5.41) is 6.55. The number of hydrogen-bond donors (Lipinski definition) is 1. The van der Waals surface area contributed by atoms with Crippen molar-refractivity contribution in [3.63, 3.8) is 0 Å². The van der Waals surface area contributed by atoms with Crippen molar-refractivity contribution in [1.29, 1.82) is 0 Å². The number of para-hydroxylation sites is 2. The Hall–Kier alpha value is -3.48. The number of hydrogen-bond acceptors (Lipinski definition) is 4. The first-order valence-electron chi connectivity index (χ1n) is 10.9. The number of carbonyl (C=O) groups excluding carboxylic acids is 1. The number of anilines is 1. The van der Waals surface area contributed by atoms with Crippen LogP contribution in [0.4, 0.5) is 5.69 Å². The average Bonchev–Trinajstić information content (AvgIpc) is 3.22. The SMILES string of the molecule is O=C(CSc1nc2ccccc2n1CCOc1cccc2ccccc12)Nc1ccc(Cl)cc1. The number of aromatic nitrogens is 2. The molecule has 0 radical (unpaired) electrons. The van der Waals surface area contributed by atoms with E-state index in [0.717, 1.165) is 32.7 Å². The molecule has 0 fully saturated rings. The van der Waals surface area contributed by atoms with E-state index in [1.54, 1.807) is 24.3 Å². The number of carbonyl (C=O) groups is 1. The largest absolute Gasteiger partial charge is 0.491 e. The maximum atomic E-state index is 12.5. The molecule has 1 aromatic heterocycles. The van der Waals surface area contributed by atoms with Crippen LogP contribution in [0.5, 0.6) is 5.75 Å². The van der Waals surface area contributed by atoms with E-state index in [1.165, 1.54) is 11.8 Å². The molecule has 5 aromatic rings. The van der Waals surface area contributed by atoms with Gasteiger partial charge < -0.3 is 14.6 Å². The van der Waals surface area contributed by atoms with Gasteiger partial charge in [-0.05, 0) is 47.9 Å². The van der Waals surface area contributed by atoms with Crippen LogP contribution >= 0.6 is 23.4 Å². The van der Waals surface area contributed by atoms with Gasteiger partial charge in [0.2, 0.25) is 5.91 Å². The summed E-state index contributed by atoms with van der Waals surface area (Å²) >= 11 is 7.33. The van der Waals surface area contributed by atoms with Crippen molar-refractivity contribution >= 4 is 56.8 Å². The van der Waals surface area contributed by atoms with Gasteiger partial charge in [-0.3, -0.25) is 4.79 Å². The highest BCUT2D eigenvalue weighted by Crippen LogP contribution is 2.27. The van der Waals surface area contributed by atoms with Crippen LogP contribution in [-0.2, 0) is 11.3 Å². The van der Waals surface area contributed by atoms with Crippen LogP contribution in [0.15, 0.2) is 96.2 Å². The summed E-state index contributed by atoms with van der Waals surface area (Å²) in [6.45, 7) is 1.10. The zero-order valence-electron chi connectivity index (χ0n) is 18.3. The fraction of sp³-hybridized carbons (Fsp3) is 0.111. The summed E-state index contributed by atoms with van der Waals surface area (Å²) in [6.07, 6.45) is 0. The van der Waals surface area contributed by atoms with Crippen molar-refractivity contribution in [3.8, 4) is 5.75 Å². The number of ether oxygens (including phenoxy) is 1. The van der Waals surface area contributed by atoms with Crippen LogP contribution in [0.3, 0.4) is 0 Å². The Kier molecular flexibility index (Phi) is 6.70. The number of nitrogens with zero attached hydrogens (tertiary/aromatic N) is 2. The van der Waals surface area contributed by atoms with Crippen molar-refractivity contribution in [2.24, 2.45) is 0 Å². The van der Waals surface area contributed by atoms with Crippen molar-refractivity contribution in [1.82, 2.24) is 9.55 Å². The van der Waals surface area contributed by atoms with E-state index in [9.17, 15) is 4.79 Å². The van der Waals surface area contributed by atoms with Crippen LogP contribution in [0.2, 0.25) is 5.02 Å². The summed E-state index contributed by atoms with van der Waals surface area (Å²) < 4.78 is 8.27. The lowest BCUT2D eigenvalue weighted by Gasteiger charge is -2.12. The van der Waals surface area contributed by atoms with Crippen LogP contribution in [0.1, 0.15) is 0 Å². The summed E-state index contributed by atoms with van der Waals surface area (Å²) in [5.41, 5.74) is 2.63. The Morgan fingerprint density at radius 1 is 0.941 bits per heavy atom. The van der Waals surface area contributed by atoms with Gasteiger partial charge in [0.1, 0.15) is 12.4 Å². The van der Waals surface area contributed by atoms with Crippen LogP contribution in [0.25, 0.3) is 21.8 Å². The van der Waals surface area contributed by atoms with Crippen LogP contribution in [-0.4, -0.2) is 27.8 Å². The molecule has 4 aromatic carbocycles. The summed E-state index contributed by atoms with van der Waals surface area (Å²) in [6, 6.07) is 29.3. The lowest BCUT2D eigenvalue weighted by atomic mass is 10.1. The molecule has 1 N–H and O–H groups in total. The number of benzene rings is 4. The molecular weight excluding hydrogens is 466 g/mol. The molecule has 1 heterocycles. The third-order valence-electron chi connectivity index (χ3n) is 5.40. The molecule has 0 unspecified atom stereocenters.